The van der Waals surface area contributed by atoms with Gasteiger partial charge in [-0.3, -0.25) is 14.5 Å². The third kappa shape index (κ3) is 4.86. The summed E-state index contributed by atoms with van der Waals surface area (Å²) >= 11 is 0.676. The summed E-state index contributed by atoms with van der Waals surface area (Å²) in [5.41, 5.74) is 1.33. The van der Waals surface area contributed by atoms with Crippen LogP contribution < -0.4 is 10.2 Å². The Morgan fingerprint density at radius 2 is 2.03 bits per heavy atom. The van der Waals surface area contributed by atoms with Crippen LogP contribution in [-0.2, 0) is 4.79 Å². The molecule has 0 radical (unpaired) electrons. The Morgan fingerprint density at radius 1 is 1.15 bits per heavy atom. The molecular weight excluding hydrogens is 531 g/mol. The molecule has 39 heavy (non-hydrogen) atoms. The summed E-state index contributed by atoms with van der Waals surface area (Å²) in [6.45, 7) is 0.578. The van der Waals surface area contributed by atoms with Crippen LogP contribution in [0.4, 0.5) is 19.0 Å². The molecule has 0 aromatic carbocycles. The Labute approximate surface area is 225 Å². The van der Waals surface area contributed by atoms with E-state index in [0.717, 1.165) is 25.5 Å². The molecule has 2 aliphatic rings. The van der Waals surface area contributed by atoms with Gasteiger partial charge < -0.3 is 9.88 Å². The number of carbonyl (C=O) groups is 2. The number of alkyl halides is 2. The van der Waals surface area contributed by atoms with Crippen molar-refractivity contribution >= 4 is 40.0 Å². The van der Waals surface area contributed by atoms with E-state index in [1.54, 1.807) is 17.2 Å². The van der Waals surface area contributed by atoms with Crippen molar-refractivity contribution in [2.75, 3.05) is 11.4 Å². The molecule has 5 heterocycles. The normalized spacial score (nSPS) is 19.8. The molecular formula is C26H24F3N7O2S. The van der Waals surface area contributed by atoms with Crippen molar-refractivity contribution in [3.8, 4) is 11.5 Å². The fraction of sp³-hybridized carbons (Fsp3) is 0.385. The molecule has 2 amide bonds. The van der Waals surface area contributed by atoms with Gasteiger partial charge in [-0.25, -0.2) is 33.1 Å². The Bertz CT molecular complexity index is 1560. The first-order valence-electron chi connectivity index (χ1n) is 12.7. The lowest BCUT2D eigenvalue weighted by Crippen LogP contribution is -2.39. The van der Waals surface area contributed by atoms with Crippen LogP contribution in [0.15, 0.2) is 36.8 Å². The van der Waals surface area contributed by atoms with E-state index in [4.69, 9.17) is 0 Å². The van der Waals surface area contributed by atoms with Gasteiger partial charge in [0.25, 0.3) is 12.3 Å². The zero-order valence-electron chi connectivity index (χ0n) is 20.7. The van der Waals surface area contributed by atoms with Crippen LogP contribution >= 0.6 is 11.3 Å². The lowest BCUT2D eigenvalue weighted by atomic mass is 9.90. The minimum Gasteiger partial charge on any atom is -0.347 e. The largest absolute Gasteiger partial charge is 0.347 e. The van der Waals surface area contributed by atoms with E-state index in [9.17, 15) is 22.8 Å². The van der Waals surface area contributed by atoms with Gasteiger partial charge in [0.1, 0.15) is 17.0 Å². The second-order valence-electron chi connectivity index (χ2n) is 9.68. The van der Waals surface area contributed by atoms with Crippen LogP contribution in [0.3, 0.4) is 0 Å². The number of aromatic nitrogens is 5. The van der Waals surface area contributed by atoms with E-state index >= 15 is 0 Å². The monoisotopic (exact) mass is 555 g/mol. The van der Waals surface area contributed by atoms with Crippen LogP contribution in [0.2, 0.25) is 0 Å². The summed E-state index contributed by atoms with van der Waals surface area (Å²) in [6.07, 6.45) is 5.36. The molecule has 1 unspecified atom stereocenters. The number of anilines is 1. The maximum Gasteiger partial charge on any atom is 0.280 e. The zero-order valence-corrected chi connectivity index (χ0v) is 21.5. The molecule has 13 heteroatoms. The SMILES string of the molecule is O=C(NC1CCC[C@@H](n2c(-c3ncccc3F)nc3cnc(N4CCCC4=O)cc32)C1)c1ncc(C(F)F)s1. The van der Waals surface area contributed by atoms with Crippen molar-refractivity contribution in [2.24, 2.45) is 0 Å². The molecule has 1 aliphatic heterocycles. The molecule has 2 fully saturated rings. The first-order valence-corrected chi connectivity index (χ1v) is 13.5. The van der Waals surface area contributed by atoms with Crippen molar-refractivity contribution in [3.63, 3.8) is 0 Å². The van der Waals surface area contributed by atoms with Gasteiger partial charge in [-0.1, -0.05) is 0 Å². The number of hydrogen-bond acceptors (Lipinski definition) is 7. The molecule has 1 aliphatic carbocycles. The average Bonchev–Trinajstić information content (AvgIpc) is 3.67. The van der Waals surface area contributed by atoms with E-state index < -0.39 is 18.1 Å². The van der Waals surface area contributed by atoms with E-state index in [1.165, 1.54) is 18.3 Å². The van der Waals surface area contributed by atoms with Crippen LogP contribution in [0.5, 0.6) is 0 Å². The Balaban J connectivity index is 1.35. The highest BCUT2D eigenvalue weighted by Crippen LogP contribution is 2.37. The molecule has 0 bridgehead atoms. The number of rotatable bonds is 6. The number of carbonyl (C=O) groups excluding carboxylic acids is 2. The number of halogens is 3. The van der Waals surface area contributed by atoms with E-state index in [2.05, 4.69) is 25.3 Å². The topological polar surface area (TPSA) is 106 Å². The molecule has 4 aromatic heterocycles. The van der Waals surface area contributed by atoms with Gasteiger partial charge in [-0.15, -0.1) is 11.3 Å². The van der Waals surface area contributed by atoms with E-state index in [1.807, 2.05) is 4.57 Å². The molecule has 9 nitrogen and oxygen atoms in total. The highest BCUT2D eigenvalue weighted by molar-refractivity contribution is 7.13. The number of hydrogen-bond donors (Lipinski definition) is 1. The van der Waals surface area contributed by atoms with Gasteiger partial charge in [0, 0.05) is 43.5 Å². The molecule has 0 spiro atoms. The van der Waals surface area contributed by atoms with Crippen LogP contribution in [-0.4, -0.2) is 48.9 Å². The number of nitrogens with one attached hydrogen (secondary N) is 1. The summed E-state index contributed by atoms with van der Waals surface area (Å²) in [7, 11) is 0. The summed E-state index contributed by atoms with van der Waals surface area (Å²) < 4.78 is 42.8. The minimum absolute atomic E-state index is 0.00142. The number of thiazole rings is 1. The molecule has 1 N–H and O–H groups in total. The number of amides is 2. The van der Waals surface area contributed by atoms with Gasteiger partial charge in [-0.05, 0) is 44.2 Å². The standard InChI is InChI=1S/C26H24F3N7O2S/c27-16-6-2-8-30-22(16)24-34-17-12-31-20(35-9-3-7-21(35)37)11-18(17)36(24)15-5-1-4-14(10-15)33-25(38)26-32-13-19(39-26)23(28)29/h2,6,8,11-15,23H,1,3-5,7,9-10H2,(H,33,38)/t14?,15-/m1/s1. The number of pyridine rings is 2. The highest BCUT2D eigenvalue weighted by Gasteiger charge is 2.31. The first kappa shape index (κ1) is 25.4. The third-order valence-corrected chi connectivity index (χ3v) is 8.16. The maximum absolute atomic E-state index is 14.9. The second kappa shape index (κ2) is 10.4. The molecule has 1 saturated heterocycles. The van der Waals surface area contributed by atoms with Gasteiger partial charge in [0.2, 0.25) is 5.91 Å². The molecule has 4 aromatic rings. The zero-order chi connectivity index (χ0) is 27.1. The smallest absolute Gasteiger partial charge is 0.280 e. The van der Waals surface area contributed by atoms with Crippen molar-refractivity contribution in [1.29, 1.82) is 0 Å². The van der Waals surface area contributed by atoms with Gasteiger partial charge in [0.05, 0.1) is 16.6 Å². The molecule has 1 saturated carbocycles. The van der Waals surface area contributed by atoms with Gasteiger partial charge >= 0.3 is 0 Å². The van der Waals surface area contributed by atoms with Gasteiger partial charge in [0.15, 0.2) is 16.6 Å². The van der Waals surface area contributed by atoms with Crippen molar-refractivity contribution in [1.82, 2.24) is 29.8 Å². The summed E-state index contributed by atoms with van der Waals surface area (Å²) in [4.78, 5) is 43.8. The molecule has 202 valence electrons. The lowest BCUT2D eigenvalue weighted by Gasteiger charge is -2.32. The number of imidazole rings is 1. The van der Waals surface area contributed by atoms with Gasteiger partial charge in [-0.2, -0.15) is 0 Å². The van der Waals surface area contributed by atoms with Crippen LogP contribution in [0, 0.1) is 5.82 Å². The van der Waals surface area contributed by atoms with Crippen molar-refractivity contribution in [3.05, 3.63) is 52.5 Å². The predicted octanol–water partition coefficient (Wildman–Crippen LogP) is 5.07. The number of nitrogens with zero attached hydrogens (tertiary/aromatic N) is 6. The number of fused-ring (bicyclic) bond motifs is 1. The fourth-order valence-corrected chi connectivity index (χ4v) is 6.06. The maximum atomic E-state index is 14.9. The third-order valence-electron chi connectivity index (χ3n) is 7.16. The van der Waals surface area contributed by atoms with E-state index in [0.29, 0.717) is 59.8 Å². The first-order chi connectivity index (χ1) is 18.9. The molecule has 2 atom stereocenters. The van der Waals surface area contributed by atoms with Crippen LogP contribution in [0.1, 0.15) is 65.7 Å². The lowest BCUT2D eigenvalue weighted by molar-refractivity contribution is -0.117. The quantitative estimate of drug-likeness (QED) is 0.356. The average molecular weight is 556 g/mol. The van der Waals surface area contributed by atoms with Crippen molar-refractivity contribution in [2.45, 2.75) is 57.0 Å². The van der Waals surface area contributed by atoms with Crippen LogP contribution in [0.25, 0.3) is 22.6 Å². The highest BCUT2D eigenvalue weighted by atomic mass is 32.1. The molecule has 6 rings (SSSR count). The Hall–Kier alpha value is -3.87. The summed E-state index contributed by atoms with van der Waals surface area (Å²) in [6, 6.07) is 4.21. The van der Waals surface area contributed by atoms with Crippen molar-refractivity contribution < 1.29 is 22.8 Å². The summed E-state index contributed by atoms with van der Waals surface area (Å²) in [5, 5.41) is 2.92. The Kier molecular flexibility index (Phi) is 6.75. The minimum atomic E-state index is -2.68. The second-order valence-corrected chi connectivity index (χ2v) is 10.7. The summed E-state index contributed by atoms with van der Waals surface area (Å²) in [5.74, 6) is -0.160. The predicted molar refractivity (Wildman–Crippen MR) is 138 cm³/mol. The fourth-order valence-electron chi connectivity index (χ4n) is 5.38. The Morgan fingerprint density at radius 3 is 2.77 bits per heavy atom. The van der Waals surface area contributed by atoms with E-state index in [-0.39, 0.29) is 33.6 Å².